The summed E-state index contributed by atoms with van der Waals surface area (Å²) in [6.07, 6.45) is 5.68. The largest absolute Gasteiger partial charge is 0.366 e. The van der Waals surface area contributed by atoms with E-state index in [2.05, 4.69) is 20.9 Å². The number of fused-ring (bicyclic) bond motifs is 1. The van der Waals surface area contributed by atoms with Crippen molar-refractivity contribution in [1.29, 1.82) is 0 Å². The third-order valence-corrected chi connectivity index (χ3v) is 5.35. The quantitative estimate of drug-likeness (QED) is 0.595. The molecule has 142 valence electrons. The molecule has 0 bridgehead atoms. The Morgan fingerprint density at radius 1 is 1.29 bits per heavy atom. The Bertz CT molecular complexity index is 1100. The van der Waals surface area contributed by atoms with Gasteiger partial charge in [0.15, 0.2) is 11.9 Å². The molecule has 3 aromatic rings. The number of carbonyl (C=O) groups is 3. The van der Waals surface area contributed by atoms with Crippen LogP contribution in [0.3, 0.4) is 0 Å². The van der Waals surface area contributed by atoms with E-state index in [4.69, 9.17) is 5.73 Å². The molecule has 1 aliphatic rings. The van der Waals surface area contributed by atoms with Crippen LogP contribution in [-0.2, 0) is 6.54 Å². The molecule has 1 saturated carbocycles. The van der Waals surface area contributed by atoms with Crippen LogP contribution in [0.5, 0.6) is 0 Å². The highest BCUT2D eigenvalue weighted by molar-refractivity contribution is 9.10. The molecule has 0 unspecified atom stereocenters. The van der Waals surface area contributed by atoms with Crippen LogP contribution in [0, 0.1) is 0 Å². The van der Waals surface area contributed by atoms with E-state index in [1.54, 1.807) is 39.8 Å². The van der Waals surface area contributed by atoms with Crippen molar-refractivity contribution in [2.75, 3.05) is 0 Å². The molecule has 8 heteroatoms. The Kier molecular flexibility index (Phi) is 4.72. The van der Waals surface area contributed by atoms with E-state index < -0.39 is 5.91 Å². The van der Waals surface area contributed by atoms with Gasteiger partial charge in [0.25, 0.3) is 5.91 Å². The van der Waals surface area contributed by atoms with Crippen molar-refractivity contribution in [3.8, 4) is 0 Å². The predicted octanol–water partition coefficient (Wildman–Crippen LogP) is 2.81. The second kappa shape index (κ2) is 7.20. The lowest BCUT2D eigenvalue weighted by Gasteiger charge is -2.23. The molecule has 2 heterocycles. The fraction of sp³-hybridized carbons (Fsp3) is 0.200. The summed E-state index contributed by atoms with van der Waals surface area (Å²) >= 11 is 3.43. The number of primary amides is 1. The van der Waals surface area contributed by atoms with E-state index in [-0.39, 0.29) is 11.9 Å². The molecular formula is C20H17BrN4O3. The molecule has 0 saturated heterocycles. The maximum absolute atomic E-state index is 13.3. The zero-order chi connectivity index (χ0) is 19.8. The summed E-state index contributed by atoms with van der Waals surface area (Å²) in [4.78, 5) is 41.9. The first-order chi connectivity index (χ1) is 13.5. The van der Waals surface area contributed by atoms with Crippen LogP contribution in [0.1, 0.15) is 49.6 Å². The number of pyridine rings is 1. The van der Waals surface area contributed by atoms with Gasteiger partial charge in [-0.15, -0.1) is 0 Å². The average Bonchev–Trinajstić information content (AvgIpc) is 3.44. The van der Waals surface area contributed by atoms with Gasteiger partial charge < -0.3 is 10.6 Å². The van der Waals surface area contributed by atoms with E-state index in [0.717, 1.165) is 18.4 Å². The zero-order valence-corrected chi connectivity index (χ0v) is 16.4. The van der Waals surface area contributed by atoms with Crippen molar-refractivity contribution in [3.63, 3.8) is 0 Å². The summed E-state index contributed by atoms with van der Waals surface area (Å²) in [7, 11) is 0. The third kappa shape index (κ3) is 3.43. The number of amides is 2. The van der Waals surface area contributed by atoms with E-state index in [0.29, 0.717) is 39.8 Å². The maximum Gasteiger partial charge on any atom is 0.255 e. The van der Waals surface area contributed by atoms with Crippen molar-refractivity contribution < 1.29 is 14.4 Å². The van der Waals surface area contributed by atoms with Crippen molar-refractivity contribution in [1.82, 2.24) is 14.3 Å². The molecule has 28 heavy (non-hydrogen) atoms. The third-order valence-electron chi connectivity index (χ3n) is 4.77. The van der Waals surface area contributed by atoms with Crippen LogP contribution in [0.4, 0.5) is 0 Å². The molecule has 1 aliphatic carbocycles. The van der Waals surface area contributed by atoms with Gasteiger partial charge in [0, 0.05) is 24.3 Å². The van der Waals surface area contributed by atoms with Crippen molar-refractivity contribution in [2.45, 2.75) is 25.4 Å². The SMILES string of the molecule is NC(=O)c1cccc(CN(C(=O)c2cc(Br)c3ncc(C=O)n3c2)C2CC2)c1. The number of nitrogens with two attached hydrogens (primary N) is 1. The van der Waals surface area contributed by atoms with Gasteiger partial charge in [0.2, 0.25) is 5.91 Å². The highest BCUT2D eigenvalue weighted by atomic mass is 79.9. The van der Waals surface area contributed by atoms with Crippen molar-refractivity contribution in [2.24, 2.45) is 5.73 Å². The van der Waals surface area contributed by atoms with Crippen LogP contribution in [0.25, 0.3) is 5.65 Å². The Labute approximate surface area is 169 Å². The summed E-state index contributed by atoms with van der Waals surface area (Å²) in [5.74, 6) is -0.637. The molecule has 2 N–H and O–H groups in total. The highest BCUT2D eigenvalue weighted by Crippen LogP contribution is 2.31. The second-order valence-corrected chi connectivity index (χ2v) is 7.65. The number of hydrogen-bond acceptors (Lipinski definition) is 4. The number of nitrogens with zero attached hydrogens (tertiary/aromatic N) is 3. The summed E-state index contributed by atoms with van der Waals surface area (Å²) in [6.45, 7) is 0.380. The lowest BCUT2D eigenvalue weighted by molar-refractivity contribution is 0.0729. The smallest absolute Gasteiger partial charge is 0.255 e. The minimum absolute atomic E-state index is 0.139. The number of aromatic nitrogens is 2. The van der Waals surface area contributed by atoms with Crippen LogP contribution in [0.15, 0.2) is 47.2 Å². The maximum atomic E-state index is 13.3. The predicted molar refractivity (Wildman–Crippen MR) is 106 cm³/mol. The van der Waals surface area contributed by atoms with E-state index in [1.165, 1.54) is 6.20 Å². The van der Waals surface area contributed by atoms with Crippen molar-refractivity contribution >= 4 is 39.7 Å². The number of imidazole rings is 1. The van der Waals surface area contributed by atoms with Gasteiger partial charge in [-0.25, -0.2) is 4.98 Å². The number of benzene rings is 1. The van der Waals surface area contributed by atoms with Gasteiger partial charge in [0.1, 0.15) is 5.69 Å². The Balaban J connectivity index is 1.68. The highest BCUT2D eigenvalue weighted by Gasteiger charge is 2.33. The van der Waals surface area contributed by atoms with Gasteiger partial charge >= 0.3 is 0 Å². The molecule has 1 fully saturated rings. The van der Waals surface area contributed by atoms with Gasteiger partial charge in [-0.05, 0) is 52.5 Å². The first kappa shape index (κ1) is 18.4. The van der Waals surface area contributed by atoms with E-state index in [1.807, 2.05) is 6.07 Å². The summed E-state index contributed by atoms with van der Waals surface area (Å²) in [5.41, 5.74) is 8.02. The number of rotatable bonds is 6. The Morgan fingerprint density at radius 2 is 2.07 bits per heavy atom. The molecule has 4 rings (SSSR count). The minimum Gasteiger partial charge on any atom is -0.366 e. The lowest BCUT2D eigenvalue weighted by atomic mass is 10.1. The number of hydrogen-bond donors (Lipinski definition) is 1. The standard InChI is InChI=1S/C20H17BrN4O3/c21-17-7-14(10-24-16(11-26)8-23-19(17)24)20(28)25(15-4-5-15)9-12-2-1-3-13(6-12)18(22)27/h1-3,6-8,10-11,15H,4-5,9H2,(H2,22,27). The summed E-state index contributed by atoms with van der Waals surface area (Å²) < 4.78 is 2.24. The van der Waals surface area contributed by atoms with Crippen LogP contribution in [-0.4, -0.2) is 38.4 Å². The first-order valence-corrected chi connectivity index (χ1v) is 9.58. The van der Waals surface area contributed by atoms with Gasteiger partial charge in [-0.3, -0.25) is 18.8 Å². The van der Waals surface area contributed by atoms with Gasteiger partial charge in [0.05, 0.1) is 16.2 Å². The Hall–Kier alpha value is -3.00. The van der Waals surface area contributed by atoms with Crippen LogP contribution < -0.4 is 5.73 Å². The fourth-order valence-corrected chi connectivity index (χ4v) is 3.75. The zero-order valence-electron chi connectivity index (χ0n) is 14.8. The molecule has 0 radical (unpaired) electrons. The van der Waals surface area contributed by atoms with Crippen molar-refractivity contribution in [3.05, 3.63) is 69.6 Å². The average molecular weight is 441 g/mol. The molecule has 7 nitrogen and oxygen atoms in total. The Morgan fingerprint density at radius 3 is 2.75 bits per heavy atom. The van der Waals surface area contributed by atoms with Crippen LogP contribution >= 0.6 is 15.9 Å². The normalized spacial score (nSPS) is 13.5. The first-order valence-electron chi connectivity index (χ1n) is 8.79. The topological polar surface area (TPSA) is 97.8 Å². The molecule has 0 aliphatic heterocycles. The number of halogens is 1. The minimum atomic E-state index is -0.498. The van der Waals surface area contributed by atoms with Gasteiger partial charge in [-0.1, -0.05) is 12.1 Å². The molecule has 2 amide bonds. The number of carbonyl (C=O) groups excluding carboxylic acids is 3. The lowest BCUT2D eigenvalue weighted by Crippen LogP contribution is -2.33. The molecule has 1 aromatic carbocycles. The van der Waals surface area contributed by atoms with Crippen LogP contribution in [0.2, 0.25) is 0 Å². The molecule has 2 aromatic heterocycles. The number of aldehydes is 1. The molecule has 0 spiro atoms. The van der Waals surface area contributed by atoms with Gasteiger partial charge in [-0.2, -0.15) is 0 Å². The molecule has 0 atom stereocenters. The molecular weight excluding hydrogens is 424 g/mol. The summed E-state index contributed by atoms with van der Waals surface area (Å²) in [6, 6.07) is 8.87. The fourth-order valence-electron chi connectivity index (χ4n) is 3.21. The van der Waals surface area contributed by atoms with E-state index in [9.17, 15) is 14.4 Å². The monoisotopic (exact) mass is 440 g/mol. The summed E-state index contributed by atoms with van der Waals surface area (Å²) in [5, 5.41) is 0. The van der Waals surface area contributed by atoms with E-state index >= 15 is 0 Å². The second-order valence-electron chi connectivity index (χ2n) is 6.80.